The Morgan fingerprint density at radius 2 is 1.96 bits per heavy atom. The summed E-state index contributed by atoms with van der Waals surface area (Å²) in [5.41, 5.74) is 1.21. The standard InChI is InChI=1S/C18H23ClN4O2/c1-4-23(5-2)16(14-8-6-7-9-15(14)19)11-20-18(25)17(24)13-10-21-22(3)12-13/h6-10,12,16H,4-5,11H2,1-3H3,(H,20,25)/t16-/m0/s1. The summed E-state index contributed by atoms with van der Waals surface area (Å²) in [5.74, 6) is -1.23. The van der Waals surface area contributed by atoms with Gasteiger partial charge in [-0.3, -0.25) is 19.2 Å². The zero-order valence-electron chi connectivity index (χ0n) is 14.7. The van der Waals surface area contributed by atoms with E-state index in [0.717, 1.165) is 18.7 Å². The molecule has 0 unspecified atom stereocenters. The van der Waals surface area contributed by atoms with Gasteiger partial charge < -0.3 is 5.32 Å². The van der Waals surface area contributed by atoms with E-state index in [-0.39, 0.29) is 11.6 Å². The number of hydrogen-bond donors (Lipinski definition) is 1. The fourth-order valence-corrected chi connectivity index (χ4v) is 3.05. The zero-order valence-corrected chi connectivity index (χ0v) is 15.5. The van der Waals surface area contributed by atoms with Gasteiger partial charge in [0.15, 0.2) is 0 Å². The molecule has 1 aromatic carbocycles. The maximum Gasteiger partial charge on any atom is 0.292 e. The number of hydrogen-bond acceptors (Lipinski definition) is 4. The summed E-state index contributed by atoms with van der Waals surface area (Å²) >= 11 is 6.34. The van der Waals surface area contributed by atoms with E-state index in [1.165, 1.54) is 17.1 Å². The third-order valence-corrected chi connectivity index (χ3v) is 4.49. The van der Waals surface area contributed by atoms with Crippen molar-refractivity contribution in [2.45, 2.75) is 19.9 Å². The highest BCUT2D eigenvalue weighted by Crippen LogP contribution is 2.26. The average molecular weight is 363 g/mol. The summed E-state index contributed by atoms with van der Waals surface area (Å²) in [7, 11) is 1.70. The highest BCUT2D eigenvalue weighted by Gasteiger charge is 2.23. The molecule has 134 valence electrons. The number of nitrogens with one attached hydrogen (secondary N) is 1. The number of Topliss-reactive ketones (excluding diaryl/α,β-unsaturated/α-hetero) is 1. The Labute approximate surface area is 152 Å². The average Bonchev–Trinajstić information content (AvgIpc) is 3.05. The van der Waals surface area contributed by atoms with Crippen molar-refractivity contribution in [3.05, 3.63) is 52.8 Å². The molecular formula is C18H23ClN4O2. The SMILES string of the molecule is CCN(CC)[C@@H](CNC(=O)C(=O)c1cnn(C)c1)c1ccccc1Cl. The number of rotatable bonds is 8. The maximum absolute atomic E-state index is 12.2. The molecular weight excluding hydrogens is 340 g/mol. The Morgan fingerprint density at radius 3 is 2.52 bits per heavy atom. The lowest BCUT2D eigenvalue weighted by Crippen LogP contribution is -2.40. The fraction of sp³-hybridized carbons (Fsp3) is 0.389. The molecule has 0 bridgehead atoms. The predicted molar refractivity (Wildman–Crippen MR) is 97.7 cm³/mol. The Kier molecular flexibility index (Phi) is 6.73. The van der Waals surface area contributed by atoms with Gasteiger partial charge in [-0.1, -0.05) is 43.6 Å². The van der Waals surface area contributed by atoms with Crippen LogP contribution in [0.15, 0.2) is 36.7 Å². The smallest absolute Gasteiger partial charge is 0.292 e. The first-order valence-electron chi connectivity index (χ1n) is 8.27. The van der Waals surface area contributed by atoms with Gasteiger partial charge in [0.05, 0.1) is 17.8 Å². The van der Waals surface area contributed by atoms with Crippen LogP contribution in [0, 0.1) is 0 Å². The Morgan fingerprint density at radius 1 is 1.28 bits per heavy atom. The minimum atomic E-state index is -0.641. The van der Waals surface area contributed by atoms with Gasteiger partial charge in [0.1, 0.15) is 0 Å². The number of carbonyl (C=O) groups is 2. The Balaban J connectivity index is 2.13. The number of aryl methyl sites for hydroxylation is 1. The summed E-state index contributed by atoms with van der Waals surface area (Å²) in [6.07, 6.45) is 2.91. The van der Waals surface area contributed by atoms with Crippen LogP contribution >= 0.6 is 11.6 Å². The second-order valence-electron chi connectivity index (χ2n) is 5.70. The molecule has 1 heterocycles. The van der Waals surface area contributed by atoms with E-state index in [0.29, 0.717) is 11.6 Å². The number of nitrogens with zero attached hydrogens (tertiary/aromatic N) is 3. The van der Waals surface area contributed by atoms with Crippen LogP contribution < -0.4 is 5.32 Å². The minimum absolute atomic E-state index is 0.102. The number of benzene rings is 1. The third-order valence-electron chi connectivity index (χ3n) is 4.15. The first-order valence-corrected chi connectivity index (χ1v) is 8.65. The van der Waals surface area contributed by atoms with E-state index in [1.54, 1.807) is 7.05 Å². The first kappa shape index (κ1) is 19.1. The molecule has 2 aromatic rings. The van der Waals surface area contributed by atoms with Crippen LogP contribution in [0.5, 0.6) is 0 Å². The van der Waals surface area contributed by atoms with E-state index >= 15 is 0 Å². The van der Waals surface area contributed by atoms with E-state index < -0.39 is 11.7 Å². The molecule has 0 saturated heterocycles. The van der Waals surface area contributed by atoms with Crippen molar-refractivity contribution in [1.29, 1.82) is 0 Å². The van der Waals surface area contributed by atoms with E-state index in [4.69, 9.17) is 11.6 Å². The first-order chi connectivity index (χ1) is 12.0. The van der Waals surface area contributed by atoms with Gasteiger partial charge >= 0.3 is 0 Å². The van der Waals surface area contributed by atoms with Crippen molar-refractivity contribution in [3.8, 4) is 0 Å². The normalized spacial score (nSPS) is 12.2. The maximum atomic E-state index is 12.2. The lowest BCUT2D eigenvalue weighted by Gasteiger charge is -2.30. The molecule has 0 aliphatic heterocycles. The lowest BCUT2D eigenvalue weighted by molar-refractivity contribution is -0.117. The van der Waals surface area contributed by atoms with Crippen LogP contribution in [0.4, 0.5) is 0 Å². The highest BCUT2D eigenvalue weighted by atomic mass is 35.5. The van der Waals surface area contributed by atoms with Gasteiger partial charge in [-0.15, -0.1) is 0 Å². The number of halogens is 1. The van der Waals surface area contributed by atoms with Gasteiger partial charge in [-0.2, -0.15) is 5.10 Å². The number of aromatic nitrogens is 2. The second kappa shape index (κ2) is 8.78. The number of carbonyl (C=O) groups excluding carboxylic acids is 2. The van der Waals surface area contributed by atoms with Crippen LogP contribution in [-0.2, 0) is 11.8 Å². The van der Waals surface area contributed by atoms with E-state index in [1.807, 2.05) is 24.3 Å². The number of likely N-dealkylation sites (N-methyl/N-ethyl adjacent to an activating group) is 1. The molecule has 1 amide bonds. The molecule has 0 radical (unpaired) electrons. The van der Waals surface area contributed by atoms with Crippen LogP contribution in [0.25, 0.3) is 0 Å². The largest absolute Gasteiger partial charge is 0.347 e. The van der Waals surface area contributed by atoms with Crippen molar-refractivity contribution in [2.24, 2.45) is 7.05 Å². The van der Waals surface area contributed by atoms with Crippen LogP contribution in [-0.4, -0.2) is 46.0 Å². The van der Waals surface area contributed by atoms with Crippen molar-refractivity contribution >= 4 is 23.3 Å². The van der Waals surface area contributed by atoms with Crippen LogP contribution in [0.3, 0.4) is 0 Å². The summed E-state index contributed by atoms with van der Waals surface area (Å²) in [4.78, 5) is 26.6. The third kappa shape index (κ3) is 4.67. The molecule has 0 spiro atoms. The quantitative estimate of drug-likeness (QED) is 0.578. The molecule has 0 saturated carbocycles. The van der Waals surface area contributed by atoms with Gasteiger partial charge in [0, 0.05) is 24.8 Å². The highest BCUT2D eigenvalue weighted by molar-refractivity contribution is 6.42. The van der Waals surface area contributed by atoms with Crippen LogP contribution in [0.2, 0.25) is 5.02 Å². The van der Waals surface area contributed by atoms with Crippen molar-refractivity contribution in [3.63, 3.8) is 0 Å². The van der Waals surface area contributed by atoms with Crippen molar-refractivity contribution < 1.29 is 9.59 Å². The molecule has 1 atom stereocenters. The van der Waals surface area contributed by atoms with Gasteiger partial charge in [-0.05, 0) is 24.7 Å². The second-order valence-corrected chi connectivity index (χ2v) is 6.11. The van der Waals surface area contributed by atoms with Crippen LogP contribution in [0.1, 0.15) is 35.8 Å². The molecule has 2 rings (SSSR count). The van der Waals surface area contributed by atoms with Crippen molar-refractivity contribution in [1.82, 2.24) is 20.0 Å². The molecule has 0 aliphatic rings. The van der Waals surface area contributed by atoms with Gasteiger partial charge in [-0.25, -0.2) is 0 Å². The molecule has 25 heavy (non-hydrogen) atoms. The van der Waals surface area contributed by atoms with E-state index in [2.05, 4.69) is 29.2 Å². The monoisotopic (exact) mass is 362 g/mol. The molecule has 1 N–H and O–H groups in total. The molecule has 1 aromatic heterocycles. The van der Waals surface area contributed by atoms with Gasteiger partial charge in [0.25, 0.3) is 11.7 Å². The molecule has 0 aliphatic carbocycles. The minimum Gasteiger partial charge on any atom is -0.347 e. The zero-order chi connectivity index (χ0) is 18.4. The topological polar surface area (TPSA) is 67.2 Å². The number of amides is 1. The van der Waals surface area contributed by atoms with E-state index in [9.17, 15) is 9.59 Å². The summed E-state index contributed by atoms with van der Waals surface area (Å²) in [6, 6.07) is 7.46. The summed E-state index contributed by atoms with van der Waals surface area (Å²) < 4.78 is 1.49. The van der Waals surface area contributed by atoms with Gasteiger partial charge in [0.2, 0.25) is 0 Å². The predicted octanol–water partition coefficient (Wildman–Crippen LogP) is 2.46. The Bertz CT molecular complexity index is 740. The molecule has 6 nitrogen and oxygen atoms in total. The fourth-order valence-electron chi connectivity index (χ4n) is 2.78. The van der Waals surface area contributed by atoms with Crippen molar-refractivity contribution in [2.75, 3.05) is 19.6 Å². The number of ketones is 1. The summed E-state index contributed by atoms with van der Waals surface area (Å²) in [6.45, 7) is 6.01. The molecule has 7 heteroatoms. The lowest BCUT2D eigenvalue weighted by atomic mass is 10.0. The molecule has 0 fully saturated rings. The Hall–Kier alpha value is -2.18. The summed E-state index contributed by atoms with van der Waals surface area (Å²) in [5, 5.41) is 7.30.